The number of aromatic nitrogens is 2. The van der Waals surface area contributed by atoms with E-state index >= 15 is 0 Å². The number of benzene rings is 2. The molecule has 1 unspecified atom stereocenters. The number of hydrogen-bond donors (Lipinski definition) is 0. The van der Waals surface area contributed by atoms with Crippen LogP contribution in [0.2, 0.25) is 0 Å². The van der Waals surface area contributed by atoms with Gasteiger partial charge in [-0.3, -0.25) is 14.2 Å². The van der Waals surface area contributed by atoms with Crippen LogP contribution < -0.4 is 10.3 Å². The lowest BCUT2D eigenvalue weighted by Crippen LogP contribution is -2.46. The molecule has 0 saturated heterocycles. The summed E-state index contributed by atoms with van der Waals surface area (Å²) in [5.74, 6) is -0.299. The number of hydrogen-bond acceptors (Lipinski definition) is 5. The van der Waals surface area contributed by atoms with Gasteiger partial charge in [-0.1, -0.05) is 30.0 Å². The van der Waals surface area contributed by atoms with Crippen molar-refractivity contribution in [3.63, 3.8) is 0 Å². The Morgan fingerprint density at radius 3 is 2.65 bits per heavy atom. The number of thioether (sulfide) groups is 1. The van der Waals surface area contributed by atoms with E-state index in [0.717, 1.165) is 29.5 Å². The van der Waals surface area contributed by atoms with Crippen LogP contribution >= 0.6 is 11.8 Å². The zero-order valence-corrected chi connectivity index (χ0v) is 19.5. The van der Waals surface area contributed by atoms with Gasteiger partial charge in [-0.25, -0.2) is 4.98 Å². The normalized spacial score (nSPS) is 14.7. The summed E-state index contributed by atoms with van der Waals surface area (Å²) in [6.07, 6.45) is -2.86. The van der Waals surface area contributed by atoms with Gasteiger partial charge in [0.1, 0.15) is 12.3 Å². The summed E-state index contributed by atoms with van der Waals surface area (Å²) >= 11 is 0.949. The summed E-state index contributed by atoms with van der Waals surface area (Å²) in [6, 6.07) is 13.1. The van der Waals surface area contributed by atoms with Crippen LogP contribution in [0.25, 0.3) is 16.6 Å². The number of carbonyl (C=O) groups is 1. The van der Waals surface area contributed by atoms with Crippen molar-refractivity contribution in [3.8, 4) is 11.4 Å². The lowest BCUT2D eigenvalue weighted by atomic mass is 10.2. The summed E-state index contributed by atoms with van der Waals surface area (Å²) < 4.78 is 46.2. The van der Waals surface area contributed by atoms with Crippen LogP contribution in [0.4, 0.5) is 13.2 Å². The minimum Gasteiger partial charge on any atom is -0.497 e. The zero-order valence-electron chi connectivity index (χ0n) is 18.7. The molecule has 3 aromatic rings. The Bertz CT molecular complexity index is 1260. The van der Waals surface area contributed by atoms with Crippen LogP contribution in [0, 0.1) is 5.92 Å². The highest BCUT2D eigenvalue weighted by molar-refractivity contribution is 7.99. The summed E-state index contributed by atoms with van der Waals surface area (Å²) in [4.78, 5) is 31.7. The molecule has 0 spiro atoms. The fourth-order valence-corrected chi connectivity index (χ4v) is 4.78. The van der Waals surface area contributed by atoms with E-state index in [1.807, 2.05) is 0 Å². The largest absolute Gasteiger partial charge is 0.497 e. The van der Waals surface area contributed by atoms with E-state index in [9.17, 15) is 22.8 Å². The van der Waals surface area contributed by atoms with Gasteiger partial charge < -0.3 is 9.64 Å². The molecule has 1 amide bonds. The Morgan fingerprint density at radius 1 is 1.24 bits per heavy atom. The van der Waals surface area contributed by atoms with Gasteiger partial charge in [-0.15, -0.1) is 0 Å². The predicted molar refractivity (Wildman–Crippen MR) is 125 cm³/mol. The first kappa shape index (κ1) is 24.1. The lowest BCUT2D eigenvalue weighted by molar-refractivity contribution is -0.164. The first-order chi connectivity index (χ1) is 16.2. The molecule has 0 aliphatic heterocycles. The molecule has 0 radical (unpaired) electrons. The van der Waals surface area contributed by atoms with Crippen molar-refractivity contribution >= 4 is 28.6 Å². The molecule has 1 heterocycles. The first-order valence-electron chi connectivity index (χ1n) is 10.8. The molecule has 1 aliphatic rings. The molecule has 1 saturated carbocycles. The third-order valence-corrected chi connectivity index (χ3v) is 6.77. The van der Waals surface area contributed by atoms with E-state index in [1.165, 1.54) is 11.7 Å². The second-order valence-corrected chi connectivity index (χ2v) is 9.20. The van der Waals surface area contributed by atoms with Gasteiger partial charge in [-0.2, -0.15) is 13.2 Å². The standard InChI is InChI=1S/C24H24F3N3O3S/c1-15(16-10-11-16)29(14-24(25,26)27)21(31)13-34-23-28-20-9-4-3-8-19(20)22(32)30(23)17-6-5-7-18(12-17)33-2/h3-9,12,15-16H,10-11,13-14H2,1-2H3. The number of fused-ring (bicyclic) bond motifs is 1. The summed E-state index contributed by atoms with van der Waals surface area (Å²) in [7, 11) is 1.51. The number of amides is 1. The molecular formula is C24H24F3N3O3S. The minimum atomic E-state index is -4.49. The third-order valence-electron chi connectivity index (χ3n) is 5.85. The number of carbonyl (C=O) groups excluding carboxylic acids is 1. The number of ether oxygens (including phenoxy) is 1. The third kappa shape index (κ3) is 5.38. The van der Waals surface area contributed by atoms with Gasteiger partial charge in [-0.05, 0) is 49.9 Å². The average Bonchev–Trinajstić information content (AvgIpc) is 3.66. The van der Waals surface area contributed by atoms with Gasteiger partial charge in [0.05, 0.1) is 29.5 Å². The molecule has 2 aromatic carbocycles. The van der Waals surface area contributed by atoms with Crippen molar-refractivity contribution in [1.82, 2.24) is 14.5 Å². The highest BCUT2D eigenvalue weighted by Crippen LogP contribution is 2.36. The molecular weight excluding hydrogens is 467 g/mol. The van der Waals surface area contributed by atoms with Gasteiger partial charge in [0.25, 0.3) is 5.56 Å². The van der Waals surface area contributed by atoms with E-state index < -0.39 is 24.7 Å². The first-order valence-corrected chi connectivity index (χ1v) is 11.8. The summed E-state index contributed by atoms with van der Waals surface area (Å²) in [5, 5.41) is 0.610. The van der Waals surface area contributed by atoms with E-state index in [0.29, 0.717) is 22.3 Å². The Kier molecular flexibility index (Phi) is 6.88. The van der Waals surface area contributed by atoms with Crippen LogP contribution in [-0.2, 0) is 4.79 Å². The second kappa shape index (κ2) is 9.69. The highest BCUT2D eigenvalue weighted by Gasteiger charge is 2.40. The SMILES string of the molecule is COc1cccc(-n2c(SCC(=O)N(CC(F)(F)F)C(C)C3CC3)nc3ccccc3c2=O)c1. The van der Waals surface area contributed by atoms with Crippen molar-refractivity contribution in [2.45, 2.75) is 37.1 Å². The number of alkyl halides is 3. The maximum atomic E-state index is 13.3. The van der Waals surface area contributed by atoms with Crippen LogP contribution in [-0.4, -0.2) is 52.0 Å². The van der Waals surface area contributed by atoms with Crippen molar-refractivity contribution < 1.29 is 22.7 Å². The quantitative estimate of drug-likeness (QED) is 0.338. The molecule has 180 valence electrons. The number of rotatable bonds is 8. The van der Waals surface area contributed by atoms with Crippen molar-refractivity contribution in [1.29, 1.82) is 0 Å². The van der Waals surface area contributed by atoms with Crippen molar-refractivity contribution in [3.05, 3.63) is 58.9 Å². The molecule has 1 aliphatic carbocycles. The number of nitrogens with zero attached hydrogens (tertiary/aromatic N) is 3. The number of para-hydroxylation sites is 1. The van der Waals surface area contributed by atoms with E-state index in [1.54, 1.807) is 55.5 Å². The summed E-state index contributed by atoms with van der Waals surface area (Å²) in [5.41, 5.74) is 0.587. The van der Waals surface area contributed by atoms with Crippen molar-refractivity contribution in [2.75, 3.05) is 19.4 Å². The molecule has 1 atom stereocenters. The van der Waals surface area contributed by atoms with Gasteiger partial charge >= 0.3 is 6.18 Å². The topological polar surface area (TPSA) is 64.4 Å². The molecule has 0 bridgehead atoms. The van der Waals surface area contributed by atoms with Crippen LogP contribution in [0.1, 0.15) is 19.8 Å². The Balaban J connectivity index is 1.69. The van der Waals surface area contributed by atoms with Gasteiger partial charge in [0.15, 0.2) is 5.16 Å². The zero-order chi connectivity index (χ0) is 24.5. The lowest BCUT2D eigenvalue weighted by Gasteiger charge is -2.30. The monoisotopic (exact) mass is 491 g/mol. The number of halogens is 3. The molecule has 4 rings (SSSR count). The second-order valence-electron chi connectivity index (χ2n) is 8.26. The molecule has 1 fully saturated rings. The highest BCUT2D eigenvalue weighted by atomic mass is 32.2. The fraction of sp³-hybridized carbons (Fsp3) is 0.375. The molecule has 34 heavy (non-hydrogen) atoms. The maximum Gasteiger partial charge on any atom is 0.406 e. The smallest absolute Gasteiger partial charge is 0.406 e. The maximum absolute atomic E-state index is 13.3. The van der Waals surface area contributed by atoms with Crippen LogP contribution in [0.15, 0.2) is 58.5 Å². The predicted octanol–water partition coefficient (Wildman–Crippen LogP) is 4.68. The van der Waals surface area contributed by atoms with Gasteiger partial charge in [0.2, 0.25) is 5.91 Å². The molecule has 1 aromatic heterocycles. The average molecular weight is 492 g/mol. The van der Waals surface area contributed by atoms with Crippen molar-refractivity contribution in [2.24, 2.45) is 5.92 Å². The van der Waals surface area contributed by atoms with E-state index in [-0.39, 0.29) is 22.4 Å². The Morgan fingerprint density at radius 2 is 1.97 bits per heavy atom. The molecule has 6 nitrogen and oxygen atoms in total. The fourth-order valence-electron chi connectivity index (χ4n) is 3.88. The summed E-state index contributed by atoms with van der Waals surface area (Å²) in [6.45, 7) is 0.365. The Hall–Kier alpha value is -3.01. The Labute approximate surface area is 198 Å². The van der Waals surface area contributed by atoms with Crippen LogP contribution in [0.5, 0.6) is 5.75 Å². The minimum absolute atomic E-state index is 0.0880. The van der Waals surface area contributed by atoms with Gasteiger partial charge in [0, 0.05) is 12.1 Å². The molecule has 0 N–H and O–H groups in total. The number of methoxy groups -OCH3 is 1. The van der Waals surface area contributed by atoms with E-state index in [4.69, 9.17) is 4.74 Å². The molecule has 10 heteroatoms. The van der Waals surface area contributed by atoms with Crippen LogP contribution in [0.3, 0.4) is 0 Å². The van der Waals surface area contributed by atoms with E-state index in [2.05, 4.69) is 4.98 Å².